The fourth-order valence-corrected chi connectivity index (χ4v) is 1.81. The van der Waals surface area contributed by atoms with E-state index in [2.05, 4.69) is 6.07 Å². The predicted octanol–water partition coefficient (Wildman–Crippen LogP) is 2.11. The van der Waals surface area contributed by atoms with Crippen LogP contribution in [0, 0.1) is 17.2 Å². The molecule has 1 saturated heterocycles. The lowest BCUT2D eigenvalue weighted by molar-refractivity contribution is 0.0790. The van der Waals surface area contributed by atoms with E-state index >= 15 is 0 Å². The molecule has 0 saturated carbocycles. The first-order valence-corrected chi connectivity index (χ1v) is 5.53. The Labute approximate surface area is 95.6 Å². The molecule has 0 radical (unpaired) electrons. The Balaban J connectivity index is 1.82. The molecule has 1 fully saturated rings. The van der Waals surface area contributed by atoms with Crippen molar-refractivity contribution in [2.45, 2.75) is 13.0 Å². The van der Waals surface area contributed by atoms with E-state index < -0.39 is 0 Å². The minimum atomic E-state index is 0.514. The van der Waals surface area contributed by atoms with Crippen molar-refractivity contribution in [3.8, 4) is 6.07 Å². The normalized spacial score (nSPS) is 19.6. The van der Waals surface area contributed by atoms with E-state index in [9.17, 15) is 0 Å². The average molecular weight is 217 g/mol. The van der Waals surface area contributed by atoms with Crippen LogP contribution >= 0.6 is 0 Å². The smallest absolute Gasteiger partial charge is 0.0995 e. The summed E-state index contributed by atoms with van der Waals surface area (Å²) < 4.78 is 10.9. The Bertz CT molecular complexity index is 378. The van der Waals surface area contributed by atoms with Gasteiger partial charge in [-0.05, 0) is 18.1 Å². The molecule has 3 nitrogen and oxygen atoms in total. The summed E-state index contributed by atoms with van der Waals surface area (Å²) in [5.74, 6) is 0.522. The van der Waals surface area contributed by atoms with Gasteiger partial charge in [-0.3, -0.25) is 0 Å². The highest BCUT2D eigenvalue weighted by Gasteiger charge is 2.15. The average Bonchev–Trinajstić information content (AvgIpc) is 2.83. The first-order valence-electron chi connectivity index (χ1n) is 5.53. The molecule has 0 spiro atoms. The van der Waals surface area contributed by atoms with Gasteiger partial charge in [0.25, 0.3) is 0 Å². The van der Waals surface area contributed by atoms with Crippen molar-refractivity contribution in [3.63, 3.8) is 0 Å². The highest BCUT2D eigenvalue weighted by Crippen LogP contribution is 2.14. The molecule has 0 amide bonds. The Hall–Kier alpha value is -1.37. The van der Waals surface area contributed by atoms with Gasteiger partial charge in [0.05, 0.1) is 31.5 Å². The van der Waals surface area contributed by atoms with Crippen molar-refractivity contribution >= 4 is 0 Å². The molecular weight excluding hydrogens is 202 g/mol. The molecule has 0 N–H and O–H groups in total. The van der Waals surface area contributed by atoms with Crippen LogP contribution < -0.4 is 0 Å². The Morgan fingerprint density at radius 1 is 1.44 bits per heavy atom. The Kier molecular flexibility index (Phi) is 3.92. The highest BCUT2D eigenvalue weighted by atomic mass is 16.5. The van der Waals surface area contributed by atoms with E-state index in [1.54, 1.807) is 0 Å². The molecule has 1 aromatic rings. The SMILES string of the molecule is N#Cc1ccccc1COCC1CCOC1. The van der Waals surface area contributed by atoms with Crippen LogP contribution in [0.2, 0.25) is 0 Å². The Morgan fingerprint density at radius 3 is 3.06 bits per heavy atom. The molecule has 1 aromatic carbocycles. The lowest BCUT2D eigenvalue weighted by atomic mass is 10.1. The third kappa shape index (κ3) is 2.82. The molecule has 2 rings (SSSR count). The maximum Gasteiger partial charge on any atom is 0.0995 e. The van der Waals surface area contributed by atoms with Crippen LogP contribution in [0.15, 0.2) is 24.3 Å². The van der Waals surface area contributed by atoms with Crippen LogP contribution in [0.4, 0.5) is 0 Å². The molecule has 1 aliphatic heterocycles. The first-order chi connectivity index (χ1) is 7.90. The van der Waals surface area contributed by atoms with Gasteiger partial charge in [-0.25, -0.2) is 0 Å². The summed E-state index contributed by atoms with van der Waals surface area (Å²) in [6.07, 6.45) is 1.08. The topological polar surface area (TPSA) is 42.2 Å². The summed E-state index contributed by atoms with van der Waals surface area (Å²) in [7, 11) is 0. The zero-order valence-corrected chi connectivity index (χ0v) is 9.19. The van der Waals surface area contributed by atoms with Gasteiger partial charge in [0.2, 0.25) is 0 Å². The van der Waals surface area contributed by atoms with E-state index in [0.717, 1.165) is 31.8 Å². The van der Waals surface area contributed by atoms with Crippen molar-refractivity contribution in [1.29, 1.82) is 5.26 Å². The minimum absolute atomic E-state index is 0.514. The maximum atomic E-state index is 8.90. The number of hydrogen-bond donors (Lipinski definition) is 0. The first kappa shape index (κ1) is 11.1. The lowest BCUT2D eigenvalue weighted by Gasteiger charge is -2.09. The molecule has 0 aromatic heterocycles. The summed E-state index contributed by atoms with van der Waals surface area (Å²) in [5, 5.41) is 8.90. The van der Waals surface area contributed by atoms with Crippen LogP contribution in [0.5, 0.6) is 0 Å². The van der Waals surface area contributed by atoms with E-state index in [0.29, 0.717) is 18.1 Å². The fraction of sp³-hybridized carbons (Fsp3) is 0.462. The molecule has 1 unspecified atom stereocenters. The highest BCUT2D eigenvalue weighted by molar-refractivity contribution is 5.36. The van der Waals surface area contributed by atoms with Gasteiger partial charge in [0.1, 0.15) is 0 Å². The number of benzene rings is 1. The second-order valence-electron chi connectivity index (χ2n) is 4.01. The summed E-state index contributed by atoms with van der Waals surface area (Å²) >= 11 is 0. The minimum Gasteiger partial charge on any atom is -0.381 e. The number of rotatable bonds is 4. The van der Waals surface area contributed by atoms with E-state index in [4.69, 9.17) is 14.7 Å². The van der Waals surface area contributed by atoms with Gasteiger partial charge in [0, 0.05) is 12.5 Å². The maximum absolute atomic E-state index is 8.90. The third-order valence-electron chi connectivity index (χ3n) is 2.77. The summed E-state index contributed by atoms with van der Waals surface area (Å²) in [4.78, 5) is 0. The zero-order chi connectivity index (χ0) is 11.2. The second-order valence-corrected chi connectivity index (χ2v) is 4.01. The number of nitrogens with zero attached hydrogens (tertiary/aromatic N) is 1. The van der Waals surface area contributed by atoms with Crippen molar-refractivity contribution in [2.75, 3.05) is 19.8 Å². The second kappa shape index (κ2) is 5.64. The molecule has 3 heteroatoms. The number of ether oxygens (including phenoxy) is 2. The molecule has 1 heterocycles. The van der Waals surface area contributed by atoms with Gasteiger partial charge in [0.15, 0.2) is 0 Å². The number of hydrogen-bond acceptors (Lipinski definition) is 3. The van der Waals surface area contributed by atoms with Crippen molar-refractivity contribution in [3.05, 3.63) is 35.4 Å². The van der Waals surface area contributed by atoms with E-state index in [1.807, 2.05) is 24.3 Å². The third-order valence-corrected chi connectivity index (χ3v) is 2.77. The van der Waals surface area contributed by atoms with Crippen LogP contribution in [-0.4, -0.2) is 19.8 Å². The van der Waals surface area contributed by atoms with Crippen LogP contribution in [0.25, 0.3) is 0 Å². The largest absolute Gasteiger partial charge is 0.381 e. The molecule has 1 atom stereocenters. The van der Waals surface area contributed by atoms with Crippen molar-refractivity contribution in [1.82, 2.24) is 0 Å². The van der Waals surface area contributed by atoms with E-state index in [1.165, 1.54) is 0 Å². The van der Waals surface area contributed by atoms with Gasteiger partial charge in [-0.15, -0.1) is 0 Å². The Morgan fingerprint density at radius 2 is 2.31 bits per heavy atom. The van der Waals surface area contributed by atoms with Crippen molar-refractivity contribution in [2.24, 2.45) is 5.92 Å². The van der Waals surface area contributed by atoms with Crippen LogP contribution in [-0.2, 0) is 16.1 Å². The predicted molar refractivity (Wildman–Crippen MR) is 59.7 cm³/mol. The van der Waals surface area contributed by atoms with E-state index in [-0.39, 0.29) is 0 Å². The molecule has 0 aliphatic carbocycles. The standard InChI is InChI=1S/C13H15NO2/c14-7-12-3-1-2-4-13(12)10-16-9-11-5-6-15-8-11/h1-4,11H,5-6,8-10H2. The van der Waals surface area contributed by atoms with Gasteiger partial charge in [-0.2, -0.15) is 5.26 Å². The summed E-state index contributed by atoms with van der Waals surface area (Å²) in [5.41, 5.74) is 1.66. The van der Waals surface area contributed by atoms with Crippen LogP contribution in [0.3, 0.4) is 0 Å². The summed E-state index contributed by atoms with van der Waals surface area (Å²) in [6, 6.07) is 9.72. The van der Waals surface area contributed by atoms with Gasteiger partial charge < -0.3 is 9.47 Å². The molecule has 0 bridgehead atoms. The van der Waals surface area contributed by atoms with Gasteiger partial charge in [-0.1, -0.05) is 18.2 Å². The monoisotopic (exact) mass is 217 g/mol. The van der Waals surface area contributed by atoms with Gasteiger partial charge >= 0.3 is 0 Å². The number of nitriles is 1. The molecule has 1 aliphatic rings. The lowest BCUT2D eigenvalue weighted by Crippen LogP contribution is -2.09. The van der Waals surface area contributed by atoms with Crippen molar-refractivity contribution < 1.29 is 9.47 Å². The zero-order valence-electron chi connectivity index (χ0n) is 9.19. The molecule has 84 valence electrons. The summed E-state index contributed by atoms with van der Waals surface area (Å²) in [6.45, 7) is 2.89. The molecule has 16 heavy (non-hydrogen) atoms. The fourth-order valence-electron chi connectivity index (χ4n) is 1.81. The quantitative estimate of drug-likeness (QED) is 0.775. The molecular formula is C13H15NO2. The van der Waals surface area contributed by atoms with Crippen LogP contribution in [0.1, 0.15) is 17.5 Å².